The molecule has 154 valence electrons. The summed E-state index contributed by atoms with van der Waals surface area (Å²) in [6, 6.07) is 10.4. The molecular formula is C20H26N6O3. The molecule has 3 amide bonds. The van der Waals surface area contributed by atoms with Gasteiger partial charge in [0, 0.05) is 18.0 Å². The Hall–Kier alpha value is -3.62. The molecule has 2 rings (SSSR count). The van der Waals surface area contributed by atoms with Crippen molar-refractivity contribution in [2.24, 2.45) is 16.6 Å². The van der Waals surface area contributed by atoms with Crippen LogP contribution in [0.15, 0.2) is 47.6 Å². The van der Waals surface area contributed by atoms with Crippen LogP contribution in [0.5, 0.6) is 0 Å². The number of carbonyl (C=O) groups excluding carboxylic acids is 2. The number of nitrogens with two attached hydrogens (primary N) is 2. The minimum absolute atomic E-state index is 0.113. The first kappa shape index (κ1) is 21.7. The number of nitrogens with zero attached hydrogens (tertiary/aromatic N) is 2. The topological polar surface area (TPSA) is 145 Å². The Labute approximate surface area is 169 Å². The number of carbonyl (C=O) groups is 2. The van der Waals surface area contributed by atoms with Crippen LogP contribution in [-0.4, -0.2) is 29.6 Å². The predicted octanol–water partition coefficient (Wildman–Crippen LogP) is 3.04. The lowest BCUT2D eigenvalue weighted by Gasteiger charge is -2.15. The molecule has 1 heterocycles. The van der Waals surface area contributed by atoms with Gasteiger partial charge in [0.2, 0.25) is 0 Å². The van der Waals surface area contributed by atoms with E-state index in [9.17, 15) is 9.59 Å². The van der Waals surface area contributed by atoms with Gasteiger partial charge in [-0.1, -0.05) is 44.2 Å². The fourth-order valence-corrected chi connectivity index (χ4v) is 2.36. The van der Waals surface area contributed by atoms with E-state index in [1.807, 2.05) is 51.1 Å². The van der Waals surface area contributed by atoms with Gasteiger partial charge in [0.15, 0.2) is 0 Å². The minimum atomic E-state index is -0.799. The van der Waals surface area contributed by atoms with Crippen LogP contribution in [0.3, 0.4) is 0 Å². The van der Waals surface area contributed by atoms with Gasteiger partial charge < -0.3 is 21.5 Å². The number of rotatable bonds is 6. The van der Waals surface area contributed by atoms with E-state index >= 15 is 0 Å². The number of amidine groups is 1. The minimum Gasteiger partial charge on any atom is -0.448 e. The van der Waals surface area contributed by atoms with E-state index in [2.05, 4.69) is 20.6 Å². The van der Waals surface area contributed by atoms with E-state index in [-0.39, 0.29) is 41.5 Å². The van der Waals surface area contributed by atoms with Crippen LogP contribution in [0.4, 0.5) is 21.1 Å². The molecule has 1 atom stereocenters. The Balaban J connectivity index is 1.99. The maximum atomic E-state index is 12.2. The fraction of sp³-hybridized carbons (Fsp3) is 0.300. The first-order valence-corrected chi connectivity index (χ1v) is 9.15. The van der Waals surface area contributed by atoms with Crippen molar-refractivity contribution in [2.45, 2.75) is 26.8 Å². The van der Waals surface area contributed by atoms with Crippen molar-refractivity contribution in [3.05, 3.63) is 53.7 Å². The molecule has 0 aliphatic carbocycles. The molecule has 1 aromatic heterocycles. The average Bonchev–Trinajstić information content (AvgIpc) is 2.67. The lowest BCUT2D eigenvalue weighted by atomic mass is 10.1. The van der Waals surface area contributed by atoms with Crippen molar-refractivity contribution in [3.8, 4) is 0 Å². The summed E-state index contributed by atoms with van der Waals surface area (Å²) < 4.78 is 4.95. The van der Waals surface area contributed by atoms with Crippen molar-refractivity contribution < 1.29 is 14.3 Å². The van der Waals surface area contributed by atoms with Crippen LogP contribution in [-0.2, 0) is 4.74 Å². The van der Waals surface area contributed by atoms with Crippen LogP contribution in [0.2, 0.25) is 0 Å². The number of hydrogen-bond donors (Lipinski definition) is 4. The summed E-state index contributed by atoms with van der Waals surface area (Å²) in [5.74, 6) is 0.305. The highest BCUT2D eigenvalue weighted by molar-refractivity contribution is 6.06. The number of hydrogen-bond acceptors (Lipinski definition) is 5. The van der Waals surface area contributed by atoms with E-state index in [1.54, 1.807) is 0 Å². The van der Waals surface area contributed by atoms with Gasteiger partial charge in [0.05, 0.1) is 18.2 Å². The number of aromatic nitrogens is 1. The second-order valence-electron chi connectivity index (χ2n) is 6.86. The van der Waals surface area contributed by atoms with E-state index in [1.165, 1.54) is 12.3 Å². The monoisotopic (exact) mass is 398 g/mol. The maximum absolute atomic E-state index is 12.2. The van der Waals surface area contributed by atoms with Crippen LogP contribution >= 0.6 is 0 Å². The number of aliphatic imine (C=N–C) groups is 1. The summed E-state index contributed by atoms with van der Waals surface area (Å²) in [5.41, 5.74) is 13.2. The van der Waals surface area contributed by atoms with Gasteiger partial charge in [0.25, 0.3) is 0 Å². The molecule has 1 unspecified atom stereocenters. The maximum Gasteiger partial charge on any atom is 0.435 e. The zero-order valence-electron chi connectivity index (χ0n) is 16.7. The van der Waals surface area contributed by atoms with Gasteiger partial charge in [-0.3, -0.25) is 5.32 Å². The van der Waals surface area contributed by atoms with Gasteiger partial charge in [-0.05, 0) is 18.4 Å². The highest BCUT2D eigenvalue weighted by Gasteiger charge is 2.13. The largest absolute Gasteiger partial charge is 0.448 e. The first-order valence-electron chi connectivity index (χ1n) is 9.15. The third kappa shape index (κ3) is 6.80. The molecule has 0 aliphatic rings. The second-order valence-corrected chi connectivity index (χ2v) is 6.86. The van der Waals surface area contributed by atoms with E-state index in [0.717, 1.165) is 5.56 Å². The molecule has 2 aromatic rings. The highest BCUT2D eigenvalue weighted by atomic mass is 16.5. The summed E-state index contributed by atoms with van der Waals surface area (Å²) in [4.78, 5) is 31.6. The quantitative estimate of drug-likeness (QED) is 0.435. The molecule has 0 fully saturated rings. The first-order chi connectivity index (χ1) is 13.8. The third-order valence-corrected chi connectivity index (χ3v) is 3.85. The normalized spacial score (nSPS) is 12.3. The number of amides is 3. The van der Waals surface area contributed by atoms with Gasteiger partial charge in [-0.25, -0.2) is 14.6 Å². The lowest BCUT2D eigenvalue weighted by Crippen LogP contribution is -2.31. The number of nitrogens with one attached hydrogen (secondary N) is 2. The zero-order chi connectivity index (χ0) is 21.4. The Morgan fingerprint density at radius 1 is 1.21 bits per heavy atom. The van der Waals surface area contributed by atoms with Crippen LogP contribution < -0.4 is 22.1 Å². The van der Waals surface area contributed by atoms with Crippen LogP contribution in [0.25, 0.3) is 0 Å². The highest BCUT2D eigenvalue weighted by Crippen LogP contribution is 2.16. The van der Waals surface area contributed by atoms with Gasteiger partial charge >= 0.3 is 12.1 Å². The summed E-state index contributed by atoms with van der Waals surface area (Å²) in [5, 5.41) is 5.42. The molecule has 9 nitrogen and oxygen atoms in total. The van der Waals surface area contributed by atoms with Crippen molar-refractivity contribution >= 4 is 29.5 Å². The molecule has 0 radical (unpaired) electrons. The second kappa shape index (κ2) is 10.1. The number of anilines is 2. The Morgan fingerprint density at radius 2 is 1.90 bits per heavy atom. The number of pyridine rings is 1. The van der Waals surface area contributed by atoms with Gasteiger partial charge in [0.1, 0.15) is 11.7 Å². The van der Waals surface area contributed by atoms with Crippen molar-refractivity contribution in [1.29, 1.82) is 0 Å². The summed E-state index contributed by atoms with van der Waals surface area (Å²) in [6.45, 7) is 5.92. The molecule has 6 N–H and O–H groups in total. The van der Waals surface area contributed by atoms with Crippen LogP contribution in [0, 0.1) is 5.92 Å². The summed E-state index contributed by atoms with van der Waals surface area (Å²) >= 11 is 0. The van der Waals surface area contributed by atoms with E-state index < -0.39 is 12.1 Å². The lowest BCUT2D eigenvalue weighted by molar-refractivity contribution is 0.143. The van der Waals surface area contributed by atoms with E-state index in [0.29, 0.717) is 0 Å². The van der Waals surface area contributed by atoms with E-state index in [4.69, 9.17) is 16.2 Å². The standard InChI is InChI=1S/C20H26N6O3/c1-12(2)11-29-20(28)26-18(22)15-10-23-17(9-16(15)21)25-19(27)24-13(3)14-7-5-4-6-8-14/h4-10,12-13H,11H2,1-3H3,(H2,22,26,28)(H4,21,23,24,25,27). The molecule has 1 aromatic carbocycles. The Bertz CT molecular complexity index is 883. The molecule has 0 spiro atoms. The molecule has 0 saturated carbocycles. The number of nitrogen functional groups attached to an aromatic ring is 1. The Kier molecular flexibility index (Phi) is 7.53. The average molecular weight is 398 g/mol. The summed E-state index contributed by atoms with van der Waals surface area (Å²) in [6.07, 6.45) is 0.534. The third-order valence-electron chi connectivity index (χ3n) is 3.85. The van der Waals surface area contributed by atoms with Crippen molar-refractivity contribution in [1.82, 2.24) is 10.3 Å². The molecular weight excluding hydrogens is 372 g/mol. The molecule has 0 bridgehead atoms. The zero-order valence-corrected chi connectivity index (χ0v) is 16.7. The van der Waals surface area contributed by atoms with Crippen LogP contribution in [0.1, 0.15) is 37.9 Å². The van der Waals surface area contributed by atoms with Crippen molar-refractivity contribution in [3.63, 3.8) is 0 Å². The molecule has 9 heteroatoms. The molecule has 0 aliphatic heterocycles. The molecule has 29 heavy (non-hydrogen) atoms. The Morgan fingerprint density at radius 3 is 2.52 bits per heavy atom. The summed E-state index contributed by atoms with van der Waals surface area (Å²) in [7, 11) is 0. The SMILES string of the molecule is CC(C)COC(=O)N=C(N)c1cnc(NC(=O)NC(C)c2ccccc2)cc1N. The number of ether oxygens (including phenoxy) is 1. The smallest absolute Gasteiger partial charge is 0.435 e. The number of urea groups is 1. The predicted molar refractivity (Wildman–Crippen MR) is 113 cm³/mol. The van der Waals surface area contributed by atoms with Gasteiger partial charge in [-0.15, -0.1) is 0 Å². The fourth-order valence-electron chi connectivity index (χ4n) is 2.36. The number of benzene rings is 1. The molecule has 0 saturated heterocycles. The van der Waals surface area contributed by atoms with Gasteiger partial charge in [-0.2, -0.15) is 4.99 Å². The van der Waals surface area contributed by atoms with Crippen molar-refractivity contribution in [2.75, 3.05) is 17.7 Å².